The van der Waals surface area contributed by atoms with E-state index in [2.05, 4.69) is 5.32 Å². The molecule has 8 nitrogen and oxygen atoms in total. The van der Waals surface area contributed by atoms with Gasteiger partial charge in [-0.05, 0) is 61.0 Å². The molecular formula is C25H27Cl2N3O5S. The molecule has 0 saturated heterocycles. The molecule has 0 aromatic heterocycles. The summed E-state index contributed by atoms with van der Waals surface area (Å²) < 4.78 is 39.2. The number of hydrogen-bond acceptors (Lipinski definition) is 6. The average molecular weight is 552 g/mol. The van der Waals surface area contributed by atoms with Crippen LogP contribution in [0.25, 0.3) is 0 Å². The Balaban J connectivity index is 1.31. The van der Waals surface area contributed by atoms with Crippen LogP contribution in [0.4, 0.5) is 0 Å². The van der Waals surface area contributed by atoms with Gasteiger partial charge in [0.1, 0.15) is 13.2 Å². The smallest absolute Gasteiger partial charge is 0.243 e. The number of rotatable bonds is 6. The molecule has 0 unspecified atom stereocenters. The highest BCUT2D eigenvalue weighted by Gasteiger charge is 2.43. The van der Waals surface area contributed by atoms with Crippen LogP contribution in [0, 0.1) is 0 Å². The van der Waals surface area contributed by atoms with Crippen LogP contribution >= 0.6 is 23.2 Å². The van der Waals surface area contributed by atoms with Crippen LogP contribution in [0.3, 0.4) is 0 Å². The molecule has 192 valence electrons. The van der Waals surface area contributed by atoms with Gasteiger partial charge in [0.05, 0.1) is 10.3 Å². The van der Waals surface area contributed by atoms with Crippen LogP contribution in [0.1, 0.15) is 12.5 Å². The fourth-order valence-electron chi connectivity index (χ4n) is 5.07. The maximum Gasteiger partial charge on any atom is 0.243 e. The lowest BCUT2D eigenvalue weighted by atomic mass is 9.80. The SMILES string of the molecule is CNC[C@@](C)(C(=O)N1CC2=C(C1)CN(S(=O)(=O)c1ccc3c(c1)OCCO3)C2)c1cc(Cl)cc(Cl)c1. The van der Waals surface area contributed by atoms with Crippen molar-refractivity contribution in [2.45, 2.75) is 17.2 Å². The molecule has 3 aliphatic rings. The molecule has 0 fully saturated rings. The molecule has 0 bridgehead atoms. The molecule has 11 heteroatoms. The summed E-state index contributed by atoms with van der Waals surface area (Å²) in [5.41, 5.74) is 1.76. The first-order chi connectivity index (χ1) is 17.1. The highest BCUT2D eigenvalue weighted by molar-refractivity contribution is 7.89. The first-order valence-corrected chi connectivity index (χ1v) is 13.8. The van der Waals surface area contributed by atoms with Crippen LogP contribution in [0.2, 0.25) is 10.0 Å². The average Bonchev–Trinajstić information content (AvgIpc) is 3.43. The number of sulfonamides is 1. The van der Waals surface area contributed by atoms with E-state index in [-0.39, 0.29) is 23.9 Å². The van der Waals surface area contributed by atoms with Crippen LogP contribution in [-0.4, -0.2) is 76.5 Å². The molecule has 3 aliphatic heterocycles. The van der Waals surface area contributed by atoms with Gasteiger partial charge in [-0.15, -0.1) is 0 Å². The number of hydrogen-bond donors (Lipinski definition) is 1. The zero-order valence-corrected chi connectivity index (χ0v) is 22.3. The van der Waals surface area contributed by atoms with Crippen LogP contribution in [-0.2, 0) is 20.2 Å². The fraction of sp³-hybridized carbons (Fsp3) is 0.400. The number of carbonyl (C=O) groups is 1. The Bertz CT molecular complexity index is 1330. The Kier molecular flexibility index (Phi) is 6.72. The van der Waals surface area contributed by atoms with Gasteiger partial charge in [-0.2, -0.15) is 4.31 Å². The third kappa shape index (κ3) is 4.48. The summed E-state index contributed by atoms with van der Waals surface area (Å²) in [5, 5.41) is 4.05. The van der Waals surface area contributed by atoms with Crippen molar-refractivity contribution in [1.82, 2.24) is 14.5 Å². The molecule has 1 amide bonds. The molecule has 36 heavy (non-hydrogen) atoms. The normalized spacial score (nSPS) is 19.4. The van der Waals surface area contributed by atoms with Crippen molar-refractivity contribution in [2.24, 2.45) is 0 Å². The molecule has 3 heterocycles. The summed E-state index contributed by atoms with van der Waals surface area (Å²) in [6.07, 6.45) is 0. The Hall–Kier alpha value is -2.30. The van der Waals surface area contributed by atoms with E-state index in [1.807, 2.05) is 6.92 Å². The number of amides is 1. The van der Waals surface area contributed by atoms with Crippen molar-refractivity contribution in [3.63, 3.8) is 0 Å². The van der Waals surface area contributed by atoms with Gasteiger partial charge >= 0.3 is 0 Å². The predicted molar refractivity (Wildman–Crippen MR) is 138 cm³/mol. The van der Waals surface area contributed by atoms with Gasteiger partial charge in [0.25, 0.3) is 0 Å². The van der Waals surface area contributed by atoms with Crippen LogP contribution in [0.5, 0.6) is 11.5 Å². The first-order valence-electron chi connectivity index (χ1n) is 11.6. The van der Waals surface area contributed by atoms with Gasteiger partial charge in [-0.3, -0.25) is 4.79 Å². The minimum atomic E-state index is -3.73. The van der Waals surface area contributed by atoms with Gasteiger partial charge in [-0.1, -0.05) is 23.2 Å². The molecule has 0 aliphatic carbocycles. The molecule has 2 aromatic carbocycles. The molecule has 5 rings (SSSR count). The van der Waals surface area contributed by atoms with E-state index in [0.29, 0.717) is 54.4 Å². The Morgan fingerprint density at radius 3 is 2.19 bits per heavy atom. The number of carbonyl (C=O) groups excluding carboxylic acids is 1. The number of fused-ring (bicyclic) bond motifs is 1. The summed E-state index contributed by atoms with van der Waals surface area (Å²) in [4.78, 5) is 15.7. The highest BCUT2D eigenvalue weighted by atomic mass is 35.5. The second-order valence-corrected chi connectivity index (χ2v) is 12.3. The summed E-state index contributed by atoms with van der Waals surface area (Å²) in [6, 6.07) is 9.86. The van der Waals surface area contributed by atoms with E-state index in [0.717, 1.165) is 16.7 Å². The first kappa shape index (κ1) is 25.4. The maximum atomic E-state index is 13.8. The Morgan fingerprint density at radius 1 is 0.972 bits per heavy atom. The molecule has 2 aromatic rings. The van der Waals surface area contributed by atoms with E-state index in [9.17, 15) is 13.2 Å². The number of likely N-dealkylation sites (N-methyl/N-ethyl adjacent to an activating group) is 1. The summed E-state index contributed by atoms with van der Waals surface area (Å²) in [5.74, 6) is 0.913. The number of nitrogens with zero attached hydrogens (tertiary/aromatic N) is 2. The van der Waals surface area contributed by atoms with Gasteiger partial charge in [0.2, 0.25) is 15.9 Å². The highest BCUT2D eigenvalue weighted by Crippen LogP contribution is 2.37. The summed E-state index contributed by atoms with van der Waals surface area (Å²) in [6.45, 7) is 4.36. The summed E-state index contributed by atoms with van der Waals surface area (Å²) in [7, 11) is -1.94. The minimum Gasteiger partial charge on any atom is -0.486 e. The molecule has 0 spiro atoms. The molecule has 1 atom stereocenters. The van der Waals surface area contributed by atoms with Crippen molar-refractivity contribution in [3.8, 4) is 11.5 Å². The van der Waals surface area contributed by atoms with Crippen molar-refractivity contribution >= 4 is 39.1 Å². The zero-order chi connectivity index (χ0) is 25.7. The zero-order valence-electron chi connectivity index (χ0n) is 20.0. The van der Waals surface area contributed by atoms with E-state index >= 15 is 0 Å². The minimum absolute atomic E-state index is 0.0640. The van der Waals surface area contributed by atoms with Crippen molar-refractivity contribution in [2.75, 3.05) is 53.0 Å². The number of nitrogens with one attached hydrogen (secondary N) is 1. The Labute approximate surface area is 220 Å². The van der Waals surface area contributed by atoms with Crippen molar-refractivity contribution in [3.05, 3.63) is 63.2 Å². The topological polar surface area (TPSA) is 88.2 Å². The summed E-state index contributed by atoms with van der Waals surface area (Å²) >= 11 is 12.5. The third-order valence-corrected chi connectivity index (χ3v) is 9.16. The maximum absolute atomic E-state index is 13.8. The van der Waals surface area contributed by atoms with E-state index in [1.54, 1.807) is 42.3 Å². The lowest BCUT2D eigenvalue weighted by molar-refractivity contribution is -0.135. The fourth-order valence-corrected chi connectivity index (χ4v) is 7.04. The van der Waals surface area contributed by atoms with E-state index < -0.39 is 15.4 Å². The van der Waals surface area contributed by atoms with Crippen molar-refractivity contribution < 1.29 is 22.7 Å². The van der Waals surface area contributed by atoms with E-state index in [1.165, 1.54) is 10.4 Å². The molecule has 0 saturated carbocycles. The van der Waals surface area contributed by atoms with Gasteiger partial charge < -0.3 is 19.7 Å². The molecular weight excluding hydrogens is 525 g/mol. The number of ether oxygens (including phenoxy) is 2. The van der Waals surface area contributed by atoms with Gasteiger partial charge in [0, 0.05) is 48.8 Å². The monoisotopic (exact) mass is 551 g/mol. The predicted octanol–water partition coefficient (Wildman–Crippen LogP) is 3.09. The van der Waals surface area contributed by atoms with Gasteiger partial charge in [-0.25, -0.2) is 8.42 Å². The second kappa shape index (κ2) is 9.54. The molecule has 1 N–H and O–H groups in total. The lowest BCUT2D eigenvalue weighted by Gasteiger charge is -2.34. The largest absolute Gasteiger partial charge is 0.486 e. The standard InChI is InChI=1S/C25H27Cl2N3O5S/c1-25(15-28-2,18-7-19(26)9-20(27)8-18)24(31)29-11-16-13-30(14-17(16)12-29)36(32,33)21-3-4-22-23(10-21)35-6-5-34-22/h3-4,7-10,28H,5-6,11-15H2,1-2H3/t25-/m1/s1. The quantitative estimate of drug-likeness (QED) is 0.555. The second-order valence-electron chi connectivity index (χ2n) is 9.47. The number of benzene rings is 2. The third-order valence-electron chi connectivity index (χ3n) is 6.94. The van der Waals surface area contributed by atoms with Gasteiger partial charge in [0.15, 0.2) is 11.5 Å². The Morgan fingerprint density at radius 2 is 1.58 bits per heavy atom. The van der Waals surface area contributed by atoms with Crippen molar-refractivity contribution in [1.29, 1.82) is 0 Å². The van der Waals surface area contributed by atoms with E-state index in [4.69, 9.17) is 32.7 Å². The van der Waals surface area contributed by atoms with Crippen LogP contribution in [0.15, 0.2) is 52.4 Å². The molecule has 0 radical (unpaired) electrons. The lowest BCUT2D eigenvalue weighted by Crippen LogP contribution is -2.50. The number of halogens is 2. The van der Waals surface area contributed by atoms with Crippen LogP contribution < -0.4 is 14.8 Å².